The number of rotatable bonds is 2. The van der Waals surface area contributed by atoms with Gasteiger partial charge in [0.05, 0.1) is 6.33 Å². The standard InChI is InChI=1S/C14H14ClN5O/c15-11-10-12(17-4-16-10)19-14(18-11)20-13(21)9-7-5-1-2-6(3-5)8(7)9/h4-9H,1-3H2,(H2,16,17,18,19,20,21). The van der Waals surface area contributed by atoms with Crippen LogP contribution in [0.1, 0.15) is 19.3 Å². The number of halogens is 1. The van der Waals surface area contributed by atoms with Gasteiger partial charge in [-0.1, -0.05) is 11.6 Å². The van der Waals surface area contributed by atoms with Crippen LogP contribution >= 0.6 is 11.6 Å². The topological polar surface area (TPSA) is 83.6 Å². The molecule has 2 bridgehead atoms. The Balaban J connectivity index is 1.38. The third-order valence-corrected chi connectivity index (χ3v) is 5.79. The van der Waals surface area contributed by atoms with E-state index in [-0.39, 0.29) is 22.9 Å². The number of hydrogen-bond donors (Lipinski definition) is 2. The molecule has 0 aliphatic heterocycles. The van der Waals surface area contributed by atoms with Crippen molar-refractivity contribution in [3.63, 3.8) is 0 Å². The Morgan fingerprint density at radius 2 is 2.05 bits per heavy atom. The van der Waals surface area contributed by atoms with Gasteiger partial charge in [0.25, 0.3) is 0 Å². The molecule has 4 unspecified atom stereocenters. The van der Waals surface area contributed by atoms with Crippen molar-refractivity contribution >= 4 is 34.6 Å². The number of anilines is 1. The Bertz CT molecular complexity index is 743. The molecule has 0 aromatic carbocycles. The molecular weight excluding hydrogens is 290 g/mol. The summed E-state index contributed by atoms with van der Waals surface area (Å²) in [6.07, 6.45) is 5.45. The monoisotopic (exact) mass is 303 g/mol. The minimum atomic E-state index is 0.0487. The van der Waals surface area contributed by atoms with E-state index in [1.54, 1.807) is 0 Å². The third-order valence-electron chi connectivity index (χ3n) is 5.51. The predicted octanol–water partition coefficient (Wildman–Crippen LogP) is 2.24. The van der Waals surface area contributed by atoms with Gasteiger partial charge in [0, 0.05) is 5.92 Å². The van der Waals surface area contributed by atoms with E-state index < -0.39 is 0 Å². The summed E-state index contributed by atoms with van der Waals surface area (Å²) in [5.41, 5.74) is 1.07. The van der Waals surface area contributed by atoms with Crippen molar-refractivity contribution < 1.29 is 4.79 Å². The summed E-state index contributed by atoms with van der Waals surface area (Å²) in [7, 11) is 0. The molecule has 3 fully saturated rings. The third kappa shape index (κ3) is 1.59. The maximum Gasteiger partial charge on any atom is 0.233 e. The van der Waals surface area contributed by atoms with Crippen LogP contribution in [-0.2, 0) is 4.79 Å². The lowest BCUT2D eigenvalue weighted by molar-refractivity contribution is -0.118. The first-order valence-corrected chi connectivity index (χ1v) is 7.77. The van der Waals surface area contributed by atoms with Crippen LogP contribution in [0.2, 0.25) is 5.15 Å². The number of imidazole rings is 1. The van der Waals surface area contributed by atoms with E-state index in [9.17, 15) is 4.79 Å². The van der Waals surface area contributed by atoms with Crippen molar-refractivity contribution in [1.82, 2.24) is 19.9 Å². The van der Waals surface area contributed by atoms with Crippen LogP contribution in [0.4, 0.5) is 5.95 Å². The first-order valence-electron chi connectivity index (χ1n) is 7.40. The molecule has 0 spiro atoms. The van der Waals surface area contributed by atoms with Gasteiger partial charge in [-0.3, -0.25) is 10.1 Å². The molecular formula is C14H14ClN5O. The van der Waals surface area contributed by atoms with Crippen LogP contribution in [0.25, 0.3) is 11.2 Å². The molecule has 0 saturated heterocycles. The van der Waals surface area contributed by atoms with E-state index in [0.29, 0.717) is 23.0 Å². The van der Waals surface area contributed by atoms with E-state index >= 15 is 0 Å². The Morgan fingerprint density at radius 3 is 2.81 bits per heavy atom. The van der Waals surface area contributed by atoms with Crippen molar-refractivity contribution in [2.75, 3.05) is 5.32 Å². The number of H-pyrrole nitrogens is 1. The molecule has 5 rings (SSSR count). The summed E-state index contributed by atoms with van der Waals surface area (Å²) >= 11 is 6.06. The van der Waals surface area contributed by atoms with E-state index in [2.05, 4.69) is 25.3 Å². The highest BCUT2D eigenvalue weighted by Crippen LogP contribution is 2.69. The average Bonchev–Trinajstić information content (AvgIpc) is 2.84. The van der Waals surface area contributed by atoms with Crippen LogP contribution in [0.15, 0.2) is 6.33 Å². The zero-order valence-electron chi connectivity index (χ0n) is 11.2. The molecule has 21 heavy (non-hydrogen) atoms. The largest absolute Gasteiger partial charge is 0.341 e. The lowest BCUT2D eigenvalue weighted by Gasteiger charge is -2.08. The van der Waals surface area contributed by atoms with Crippen molar-refractivity contribution in [3.05, 3.63) is 11.5 Å². The number of nitrogens with one attached hydrogen (secondary N) is 2. The Morgan fingerprint density at radius 1 is 1.29 bits per heavy atom. The molecule has 3 aliphatic rings. The summed E-state index contributed by atoms with van der Waals surface area (Å²) in [5, 5.41) is 3.11. The highest BCUT2D eigenvalue weighted by molar-refractivity contribution is 6.33. The van der Waals surface area contributed by atoms with Crippen LogP contribution in [0.3, 0.4) is 0 Å². The first kappa shape index (κ1) is 11.9. The lowest BCUT2D eigenvalue weighted by Crippen LogP contribution is -2.20. The van der Waals surface area contributed by atoms with Gasteiger partial charge in [-0.2, -0.15) is 9.97 Å². The number of carbonyl (C=O) groups is 1. The summed E-state index contributed by atoms with van der Waals surface area (Å²) in [4.78, 5) is 27.7. The molecule has 3 saturated carbocycles. The van der Waals surface area contributed by atoms with Crippen LogP contribution in [0, 0.1) is 29.6 Å². The highest BCUT2D eigenvalue weighted by Gasteiger charge is 2.67. The van der Waals surface area contributed by atoms with Gasteiger partial charge in [-0.25, -0.2) is 4.98 Å². The second-order valence-electron chi connectivity index (χ2n) is 6.44. The fourth-order valence-electron chi connectivity index (χ4n) is 4.72. The summed E-state index contributed by atoms with van der Waals surface area (Å²) in [6, 6.07) is 0. The molecule has 0 radical (unpaired) electrons. The van der Waals surface area contributed by atoms with E-state index in [0.717, 1.165) is 11.8 Å². The Labute approximate surface area is 125 Å². The minimum absolute atomic E-state index is 0.0487. The molecule has 3 aliphatic carbocycles. The fraction of sp³-hybridized carbons (Fsp3) is 0.571. The second kappa shape index (κ2) is 3.94. The van der Waals surface area contributed by atoms with Crippen molar-refractivity contribution in [1.29, 1.82) is 0 Å². The van der Waals surface area contributed by atoms with Gasteiger partial charge in [-0.15, -0.1) is 0 Å². The summed E-state index contributed by atoms with van der Waals surface area (Å²) < 4.78 is 0. The summed E-state index contributed by atoms with van der Waals surface area (Å²) in [5.74, 6) is 3.22. The van der Waals surface area contributed by atoms with Crippen molar-refractivity contribution in [2.24, 2.45) is 29.6 Å². The maximum absolute atomic E-state index is 12.4. The lowest BCUT2D eigenvalue weighted by atomic mass is 10.0. The number of aromatic nitrogens is 4. The molecule has 6 nitrogen and oxygen atoms in total. The van der Waals surface area contributed by atoms with E-state index in [1.165, 1.54) is 25.6 Å². The molecule has 108 valence electrons. The number of fused-ring (bicyclic) bond motifs is 6. The van der Waals surface area contributed by atoms with Crippen molar-refractivity contribution in [3.8, 4) is 0 Å². The number of aromatic amines is 1. The molecule has 2 N–H and O–H groups in total. The first-order chi connectivity index (χ1) is 10.2. The maximum atomic E-state index is 12.4. The predicted molar refractivity (Wildman–Crippen MR) is 76.6 cm³/mol. The van der Waals surface area contributed by atoms with Gasteiger partial charge >= 0.3 is 0 Å². The zero-order chi connectivity index (χ0) is 14.1. The van der Waals surface area contributed by atoms with E-state index in [4.69, 9.17) is 11.6 Å². The molecule has 4 atom stereocenters. The molecule has 2 aromatic rings. The number of carbonyl (C=O) groups excluding carboxylic acids is 1. The van der Waals surface area contributed by atoms with Crippen LogP contribution in [-0.4, -0.2) is 25.8 Å². The Hall–Kier alpha value is -1.69. The van der Waals surface area contributed by atoms with Crippen LogP contribution < -0.4 is 5.32 Å². The Kier molecular flexibility index (Phi) is 2.24. The van der Waals surface area contributed by atoms with Gasteiger partial charge in [0.2, 0.25) is 11.9 Å². The van der Waals surface area contributed by atoms with Crippen molar-refractivity contribution in [2.45, 2.75) is 19.3 Å². The fourth-order valence-corrected chi connectivity index (χ4v) is 4.94. The van der Waals surface area contributed by atoms with E-state index in [1.807, 2.05) is 0 Å². The highest BCUT2D eigenvalue weighted by atomic mass is 35.5. The average molecular weight is 304 g/mol. The summed E-state index contributed by atoms with van der Waals surface area (Å²) in [6.45, 7) is 0. The molecule has 1 amide bonds. The van der Waals surface area contributed by atoms with Gasteiger partial charge in [0.1, 0.15) is 5.52 Å². The molecule has 2 aromatic heterocycles. The minimum Gasteiger partial charge on any atom is -0.341 e. The second-order valence-corrected chi connectivity index (χ2v) is 6.80. The van der Waals surface area contributed by atoms with Gasteiger partial charge < -0.3 is 4.98 Å². The number of nitrogens with zero attached hydrogens (tertiary/aromatic N) is 3. The smallest absolute Gasteiger partial charge is 0.233 e. The number of hydrogen-bond acceptors (Lipinski definition) is 4. The quantitative estimate of drug-likeness (QED) is 0.833. The SMILES string of the molecule is O=C(Nc1nc(Cl)c2[nH]cnc2n1)C1C2C3CCC(C3)C12. The molecule has 2 heterocycles. The number of amides is 1. The normalized spacial score (nSPS) is 36.0. The van der Waals surface area contributed by atoms with Gasteiger partial charge in [-0.05, 0) is 42.9 Å². The van der Waals surface area contributed by atoms with Crippen LogP contribution in [0.5, 0.6) is 0 Å². The molecule has 7 heteroatoms. The van der Waals surface area contributed by atoms with Gasteiger partial charge in [0.15, 0.2) is 10.8 Å². The zero-order valence-corrected chi connectivity index (χ0v) is 12.0.